The number of ether oxygens (including phenoxy) is 1. The van der Waals surface area contributed by atoms with Crippen molar-refractivity contribution in [3.63, 3.8) is 0 Å². The van der Waals surface area contributed by atoms with Gasteiger partial charge in [0.15, 0.2) is 0 Å². The highest BCUT2D eigenvalue weighted by Gasteiger charge is 2.24. The molecule has 3 atom stereocenters. The van der Waals surface area contributed by atoms with E-state index in [0.717, 1.165) is 83.5 Å². The van der Waals surface area contributed by atoms with E-state index < -0.39 is 18.2 Å². The van der Waals surface area contributed by atoms with Crippen LogP contribution in [-0.4, -0.2) is 46.9 Å². The largest absolute Gasteiger partial charge is 0.462 e. The van der Waals surface area contributed by atoms with Gasteiger partial charge in [-0.1, -0.05) is 234 Å². The number of amides is 1. The Labute approximate surface area is 395 Å². The number of hydrogen-bond donors (Lipinski definition) is 3. The summed E-state index contributed by atoms with van der Waals surface area (Å²) in [7, 11) is 0. The molecular weight excluding hydrogens is 791 g/mol. The number of hydrogen-bond acceptors (Lipinski definition) is 5. The summed E-state index contributed by atoms with van der Waals surface area (Å²) in [4.78, 5) is 26.1. The van der Waals surface area contributed by atoms with Crippen molar-refractivity contribution in [1.29, 1.82) is 0 Å². The van der Waals surface area contributed by atoms with Gasteiger partial charge in [-0.2, -0.15) is 0 Å². The minimum Gasteiger partial charge on any atom is -0.462 e. The minimum atomic E-state index is -0.814. The second-order valence-electron chi connectivity index (χ2n) is 17.6. The predicted octanol–water partition coefficient (Wildman–Crippen LogP) is 16.1. The summed E-state index contributed by atoms with van der Waals surface area (Å²) < 4.78 is 5.88. The molecule has 3 unspecified atom stereocenters. The first-order valence-corrected chi connectivity index (χ1v) is 26.5. The van der Waals surface area contributed by atoms with Crippen LogP contribution < -0.4 is 5.32 Å². The monoisotopic (exact) mass is 890 g/mol. The number of nitrogens with one attached hydrogen (secondary N) is 1. The van der Waals surface area contributed by atoms with Crippen LogP contribution in [0, 0.1) is 0 Å². The van der Waals surface area contributed by atoms with Gasteiger partial charge in [0.1, 0.15) is 6.10 Å². The van der Waals surface area contributed by atoms with E-state index in [2.05, 4.69) is 117 Å². The maximum atomic E-state index is 13.2. The molecule has 0 aliphatic heterocycles. The van der Waals surface area contributed by atoms with Gasteiger partial charge in [0.05, 0.1) is 25.2 Å². The average Bonchev–Trinajstić information content (AvgIpc) is 3.29. The zero-order valence-corrected chi connectivity index (χ0v) is 41.6. The molecule has 0 aliphatic carbocycles. The third kappa shape index (κ3) is 45.4. The summed E-state index contributed by atoms with van der Waals surface area (Å²) in [5, 5.41) is 23.8. The lowest BCUT2D eigenvalue weighted by Gasteiger charge is -2.24. The summed E-state index contributed by atoms with van der Waals surface area (Å²) in [6.07, 6.45) is 67.6. The van der Waals surface area contributed by atoms with Gasteiger partial charge in [-0.15, -0.1) is 0 Å². The van der Waals surface area contributed by atoms with Crippen molar-refractivity contribution in [2.75, 3.05) is 6.61 Å². The summed E-state index contributed by atoms with van der Waals surface area (Å²) >= 11 is 0. The van der Waals surface area contributed by atoms with Crippen LogP contribution in [0.4, 0.5) is 0 Å². The van der Waals surface area contributed by atoms with Gasteiger partial charge in [0, 0.05) is 6.42 Å². The zero-order valence-electron chi connectivity index (χ0n) is 41.6. The van der Waals surface area contributed by atoms with Crippen molar-refractivity contribution in [2.24, 2.45) is 0 Å². The summed E-state index contributed by atoms with van der Waals surface area (Å²) in [5.41, 5.74) is 0. The van der Waals surface area contributed by atoms with Crippen molar-refractivity contribution in [3.8, 4) is 0 Å². The normalized spacial score (nSPS) is 14.0. The first-order valence-electron chi connectivity index (χ1n) is 26.5. The number of aliphatic hydroxyl groups is 2. The number of aliphatic hydroxyl groups excluding tert-OH is 2. The third-order valence-corrected chi connectivity index (χ3v) is 11.5. The molecule has 0 spiro atoms. The van der Waals surface area contributed by atoms with E-state index in [1.54, 1.807) is 0 Å². The molecule has 0 rings (SSSR count). The number of esters is 1. The van der Waals surface area contributed by atoms with Crippen LogP contribution in [0.3, 0.4) is 0 Å². The lowest BCUT2D eigenvalue weighted by atomic mass is 10.0. The number of allylic oxidation sites excluding steroid dienone is 16. The van der Waals surface area contributed by atoms with Crippen LogP contribution in [0.5, 0.6) is 0 Å². The number of carbonyl (C=O) groups is 2. The number of carbonyl (C=O) groups excluding carboxylic acids is 2. The standard InChI is InChI=1S/C58H99NO5/c1-4-7-10-13-16-19-22-25-27-29-32-34-37-40-43-46-49-54(64-58(63)51-48-45-42-39-36-33-30-28-26-23-20-17-14-11-8-5-2)52-57(62)59-55(53-60)56(61)50-47-44-41-38-35-31-24-21-18-15-12-9-6-3/h8,11,17,20,22,25-29,32-34,36,42,45,54-56,60-61H,4-7,9-10,12-16,18-19,21,23-24,30-31,35,37-41,43-44,46-53H2,1-3H3,(H,59,62)/b11-8+,20-17+,25-22+,28-26+,29-27+,34-32+,36-33+,45-42+. The molecule has 0 saturated carbocycles. The Kier molecular flexibility index (Phi) is 48.2. The molecule has 0 aromatic rings. The molecule has 0 heterocycles. The molecular formula is C58H99NO5. The van der Waals surface area contributed by atoms with Crippen LogP contribution in [0.25, 0.3) is 0 Å². The number of rotatable bonds is 46. The second-order valence-corrected chi connectivity index (χ2v) is 17.6. The summed E-state index contributed by atoms with van der Waals surface area (Å²) in [6, 6.07) is -0.733. The van der Waals surface area contributed by atoms with E-state index in [0.29, 0.717) is 19.3 Å². The highest BCUT2D eigenvalue weighted by Crippen LogP contribution is 2.17. The Hall–Kier alpha value is -3.22. The van der Waals surface area contributed by atoms with Crippen molar-refractivity contribution in [3.05, 3.63) is 97.2 Å². The quantitative estimate of drug-likeness (QED) is 0.0245. The van der Waals surface area contributed by atoms with Crippen LogP contribution >= 0.6 is 0 Å². The van der Waals surface area contributed by atoms with Gasteiger partial charge < -0.3 is 20.3 Å². The SMILES string of the molecule is CC/C=C/C/C=C/C/C=C/C/C=C/C/C=C/CCC(=O)OC(CCCCC/C=C/C=C/C=C/CCCCCCC)CC(=O)NC(CO)C(O)CCCCCCCCCCCCCCC. The third-order valence-electron chi connectivity index (χ3n) is 11.5. The molecule has 64 heavy (non-hydrogen) atoms. The van der Waals surface area contributed by atoms with Gasteiger partial charge in [0.2, 0.25) is 5.91 Å². The molecule has 0 saturated heterocycles. The van der Waals surface area contributed by atoms with E-state index >= 15 is 0 Å². The molecule has 0 aliphatic rings. The highest BCUT2D eigenvalue weighted by atomic mass is 16.5. The van der Waals surface area contributed by atoms with Crippen molar-refractivity contribution < 1.29 is 24.5 Å². The fourth-order valence-electron chi connectivity index (χ4n) is 7.48. The maximum absolute atomic E-state index is 13.2. The Balaban J connectivity index is 4.79. The molecule has 3 N–H and O–H groups in total. The molecule has 6 nitrogen and oxygen atoms in total. The Morgan fingerprint density at radius 2 is 0.906 bits per heavy atom. The van der Waals surface area contributed by atoms with E-state index in [1.165, 1.54) is 96.3 Å². The van der Waals surface area contributed by atoms with Gasteiger partial charge >= 0.3 is 5.97 Å². The van der Waals surface area contributed by atoms with E-state index in [-0.39, 0.29) is 31.3 Å². The molecule has 0 radical (unpaired) electrons. The smallest absolute Gasteiger partial charge is 0.306 e. The van der Waals surface area contributed by atoms with E-state index in [4.69, 9.17) is 4.74 Å². The molecule has 0 aromatic heterocycles. The van der Waals surface area contributed by atoms with Crippen LogP contribution in [0.1, 0.15) is 233 Å². The Morgan fingerprint density at radius 1 is 0.484 bits per heavy atom. The Bertz CT molecular complexity index is 1270. The van der Waals surface area contributed by atoms with E-state index in [1.807, 2.05) is 6.08 Å². The van der Waals surface area contributed by atoms with Crippen molar-refractivity contribution in [1.82, 2.24) is 5.32 Å². The Morgan fingerprint density at radius 3 is 1.39 bits per heavy atom. The topological polar surface area (TPSA) is 95.9 Å². The lowest BCUT2D eigenvalue weighted by Crippen LogP contribution is -2.46. The second kappa shape index (κ2) is 50.8. The fourth-order valence-corrected chi connectivity index (χ4v) is 7.48. The molecule has 0 aromatic carbocycles. The van der Waals surface area contributed by atoms with E-state index in [9.17, 15) is 19.8 Å². The van der Waals surface area contributed by atoms with Gasteiger partial charge in [-0.25, -0.2) is 0 Å². The average molecular weight is 890 g/mol. The molecule has 1 amide bonds. The molecule has 366 valence electrons. The summed E-state index contributed by atoms with van der Waals surface area (Å²) in [5.74, 6) is -0.612. The molecule has 0 bridgehead atoms. The van der Waals surface area contributed by atoms with Crippen LogP contribution in [-0.2, 0) is 14.3 Å². The van der Waals surface area contributed by atoms with Crippen molar-refractivity contribution >= 4 is 11.9 Å². The first-order chi connectivity index (χ1) is 31.5. The maximum Gasteiger partial charge on any atom is 0.306 e. The summed E-state index contributed by atoms with van der Waals surface area (Å²) in [6.45, 7) is 6.32. The van der Waals surface area contributed by atoms with Crippen LogP contribution in [0.2, 0.25) is 0 Å². The van der Waals surface area contributed by atoms with Crippen molar-refractivity contribution in [2.45, 2.75) is 251 Å². The van der Waals surface area contributed by atoms with Gasteiger partial charge in [-0.05, 0) is 83.5 Å². The predicted molar refractivity (Wildman–Crippen MR) is 277 cm³/mol. The fraction of sp³-hybridized carbons (Fsp3) is 0.690. The lowest BCUT2D eigenvalue weighted by molar-refractivity contribution is -0.150. The highest BCUT2D eigenvalue weighted by molar-refractivity contribution is 5.77. The minimum absolute atomic E-state index is 0.0202. The van der Waals surface area contributed by atoms with Crippen LogP contribution in [0.15, 0.2) is 97.2 Å². The molecule has 6 heteroatoms. The zero-order chi connectivity index (χ0) is 46.7. The molecule has 0 fully saturated rings. The van der Waals surface area contributed by atoms with Gasteiger partial charge in [-0.3, -0.25) is 9.59 Å². The number of unbranched alkanes of at least 4 members (excludes halogenated alkanes) is 20. The van der Waals surface area contributed by atoms with Gasteiger partial charge in [0.25, 0.3) is 0 Å². The first kappa shape index (κ1) is 60.8.